The largest absolute Gasteiger partial charge is 0.390 e. The van der Waals surface area contributed by atoms with E-state index in [1.165, 1.54) is 17.3 Å². The second-order valence-corrected chi connectivity index (χ2v) is 8.35. The molecular formula is C22H22ClN3O2S. The predicted molar refractivity (Wildman–Crippen MR) is 117 cm³/mol. The first-order valence-corrected chi connectivity index (χ1v) is 10.9. The van der Waals surface area contributed by atoms with E-state index in [4.69, 9.17) is 11.6 Å². The van der Waals surface area contributed by atoms with Crippen LogP contribution in [0, 0.1) is 0 Å². The number of para-hydroxylation sites is 1. The van der Waals surface area contributed by atoms with Crippen LogP contribution in [0.3, 0.4) is 0 Å². The SMILES string of the molecule is O=C(CSc1ncc(CO)n1Cc1ccc(Cl)cc1)N1CCCc2ccccc21. The third kappa shape index (κ3) is 4.50. The van der Waals surface area contributed by atoms with Crippen LogP contribution in [-0.2, 0) is 24.4 Å². The van der Waals surface area contributed by atoms with Gasteiger partial charge in [0.2, 0.25) is 5.91 Å². The molecule has 1 aliphatic rings. The zero-order chi connectivity index (χ0) is 20.2. The molecule has 0 fully saturated rings. The average molecular weight is 428 g/mol. The van der Waals surface area contributed by atoms with Gasteiger partial charge in [0.15, 0.2) is 5.16 Å². The number of carbonyl (C=O) groups excluding carboxylic acids is 1. The van der Waals surface area contributed by atoms with Crippen molar-refractivity contribution >= 4 is 35.0 Å². The van der Waals surface area contributed by atoms with Crippen LogP contribution in [0.4, 0.5) is 5.69 Å². The first-order chi connectivity index (χ1) is 14.2. The Morgan fingerprint density at radius 1 is 1.17 bits per heavy atom. The van der Waals surface area contributed by atoms with Crippen molar-refractivity contribution < 1.29 is 9.90 Å². The van der Waals surface area contributed by atoms with Crippen LogP contribution in [0.25, 0.3) is 0 Å². The fraction of sp³-hybridized carbons (Fsp3) is 0.273. The Bertz CT molecular complexity index is 1000. The summed E-state index contributed by atoms with van der Waals surface area (Å²) in [5.74, 6) is 0.380. The van der Waals surface area contributed by atoms with Crippen molar-refractivity contribution in [1.29, 1.82) is 0 Å². The molecule has 0 saturated heterocycles. The van der Waals surface area contributed by atoms with Crippen LogP contribution in [0.5, 0.6) is 0 Å². The van der Waals surface area contributed by atoms with E-state index in [9.17, 15) is 9.90 Å². The average Bonchev–Trinajstić information content (AvgIpc) is 3.14. The topological polar surface area (TPSA) is 58.4 Å². The van der Waals surface area contributed by atoms with Crippen LogP contribution in [0.1, 0.15) is 23.2 Å². The third-order valence-corrected chi connectivity index (χ3v) is 6.28. The summed E-state index contributed by atoms with van der Waals surface area (Å²) in [7, 11) is 0. The van der Waals surface area contributed by atoms with Gasteiger partial charge in [0.05, 0.1) is 24.3 Å². The molecule has 150 valence electrons. The number of amides is 1. The van der Waals surface area contributed by atoms with Crippen molar-refractivity contribution in [3.8, 4) is 0 Å². The second-order valence-electron chi connectivity index (χ2n) is 6.97. The van der Waals surface area contributed by atoms with Gasteiger partial charge in [-0.2, -0.15) is 0 Å². The number of anilines is 1. The Hall–Kier alpha value is -2.28. The molecule has 1 aliphatic heterocycles. The molecule has 0 aliphatic carbocycles. The molecule has 0 radical (unpaired) electrons. The van der Waals surface area contributed by atoms with Gasteiger partial charge in [0.25, 0.3) is 0 Å². The molecule has 2 heterocycles. The number of benzene rings is 2. The molecule has 29 heavy (non-hydrogen) atoms. The zero-order valence-corrected chi connectivity index (χ0v) is 17.5. The third-order valence-electron chi connectivity index (χ3n) is 5.05. The first kappa shape index (κ1) is 20.0. The normalized spacial score (nSPS) is 13.4. The number of carbonyl (C=O) groups is 1. The number of hydrogen-bond donors (Lipinski definition) is 1. The summed E-state index contributed by atoms with van der Waals surface area (Å²) < 4.78 is 1.95. The minimum atomic E-state index is -0.103. The van der Waals surface area contributed by atoms with E-state index < -0.39 is 0 Å². The molecule has 5 nitrogen and oxygen atoms in total. The highest BCUT2D eigenvalue weighted by Crippen LogP contribution is 2.28. The minimum absolute atomic E-state index is 0.0775. The summed E-state index contributed by atoms with van der Waals surface area (Å²) in [5.41, 5.74) is 4.02. The molecule has 0 spiro atoms. The molecule has 0 saturated carbocycles. The van der Waals surface area contributed by atoms with E-state index in [0.717, 1.165) is 41.5 Å². The van der Waals surface area contributed by atoms with Gasteiger partial charge >= 0.3 is 0 Å². The molecule has 7 heteroatoms. The van der Waals surface area contributed by atoms with E-state index in [2.05, 4.69) is 11.1 Å². The number of halogens is 1. The van der Waals surface area contributed by atoms with Crippen LogP contribution >= 0.6 is 23.4 Å². The van der Waals surface area contributed by atoms with Gasteiger partial charge in [-0.1, -0.05) is 53.7 Å². The van der Waals surface area contributed by atoms with Crippen LogP contribution in [0.15, 0.2) is 59.9 Å². The quantitative estimate of drug-likeness (QED) is 0.600. The van der Waals surface area contributed by atoms with Gasteiger partial charge in [0, 0.05) is 23.8 Å². The van der Waals surface area contributed by atoms with Crippen molar-refractivity contribution in [2.75, 3.05) is 17.2 Å². The summed E-state index contributed by atoms with van der Waals surface area (Å²) in [6.45, 7) is 1.21. The first-order valence-electron chi connectivity index (χ1n) is 9.56. The van der Waals surface area contributed by atoms with Gasteiger partial charge in [0.1, 0.15) is 0 Å². The molecule has 0 atom stereocenters. The highest BCUT2D eigenvalue weighted by Gasteiger charge is 2.23. The summed E-state index contributed by atoms with van der Waals surface area (Å²) in [6.07, 6.45) is 3.66. The standard InChI is InChI=1S/C22H22ClN3O2S/c23-18-9-7-16(8-10-18)13-26-19(14-27)12-24-22(26)29-15-21(28)25-11-3-5-17-4-1-2-6-20(17)25/h1-2,4,6-10,12,27H,3,5,11,13-15H2. The fourth-order valence-corrected chi connectivity index (χ4v) is 4.57. The Morgan fingerprint density at radius 3 is 2.76 bits per heavy atom. The lowest BCUT2D eigenvalue weighted by Crippen LogP contribution is -2.36. The highest BCUT2D eigenvalue weighted by atomic mass is 35.5. The molecule has 1 aromatic heterocycles. The highest BCUT2D eigenvalue weighted by molar-refractivity contribution is 7.99. The lowest BCUT2D eigenvalue weighted by atomic mass is 10.0. The summed E-state index contributed by atoms with van der Waals surface area (Å²) in [5, 5.41) is 11.1. The molecule has 2 aromatic carbocycles. The van der Waals surface area contributed by atoms with Crippen LogP contribution in [-0.4, -0.2) is 32.9 Å². The number of imidazole rings is 1. The summed E-state index contributed by atoms with van der Waals surface area (Å²) >= 11 is 7.38. The van der Waals surface area contributed by atoms with Gasteiger partial charge in [-0.3, -0.25) is 4.79 Å². The van der Waals surface area contributed by atoms with Crippen molar-refractivity contribution in [3.05, 3.63) is 76.6 Å². The van der Waals surface area contributed by atoms with Crippen molar-refractivity contribution in [1.82, 2.24) is 9.55 Å². The van der Waals surface area contributed by atoms with Gasteiger partial charge in [-0.05, 0) is 42.2 Å². The molecule has 3 aromatic rings. The lowest BCUT2D eigenvalue weighted by molar-refractivity contribution is -0.116. The molecule has 1 N–H and O–H groups in total. The van der Waals surface area contributed by atoms with E-state index in [1.54, 1.807) is 6.20 Å². The number of aryl methyl sites for hydroxylation is 1. The smallest absolute Gasteiger partial charge is 0.237 e. The zero-order valence-electron chi connectivity index (χ0n) is 15.9. The van der Waals surface area contributed by atoms with Gasteiger partial charge in [-0.15, -0.1) is 0 Å². The van der Waals surface area contributed by atoms with Crippen molar-refractivity contribution in [2.45, 2.75) is 31.1 Å². The fourth-order valence-electron chi connectivity index (χ4n) is 3.57. The maximum Gasteiger partial charge on any atom is 0.237 e. The number of rotatable bonds is 6. The van der Waals surface area contributed by atoms with Gasteiger partial charge in [-0.25, -0.2) is 4.98 Å². The molecule has 0 unspecified atom stereocenters. The summed E-state index contributed by atoms with van der Waals surface area (Å²) in [6, 6.07) is 15.7. The summed E-state index contributed by atoms with van der Waals surface area (Å²) in [4.78, 5) is 19.2. The number of hydrogen-bond acceptors (Lipinski definition) is 4. The molecular weight excluding hydrogens is 406 g/mol. The Morgan fingerprint density at radius 2 is 1.97 bits per heavy atom. The lowest BCUT2D eigenvalue weighted by Gasteiger charge is -2.29. The van der Waals surface area contributed by atoms with E-state index in [-0.39, 0.29) is 12.5 Å². The maximum absolute atomic E-state index is 12.9. The monoisotopic (exact) mass is 427 g/mol. The van der Waals surface area contributed by atoms with Crippen LogP contribution in [0.2, 0.25) is 5.02 Å². The Balaban J connectivity index is 1.48. The molecule has 4 rings (SSSR count). The molecule has 0 bridgehead atoms. The van der Waals surface area contributed by atoms with Crippen LogP contribution < -0.4 is 4.90 Å². The van der Waals surface area contributed by atoms with E-state index in [0.29, 0.717) is 17.3 Å². The number of fused-ring (bicyclic) bond motifs is 1. The van der Waals surface area contributed by atoms with E-state index in [1.807, 2.05) is 51.9 Å². The van der Waals surface area contributed by atoms with Gasteiger partial charge < -0.3 is 14.6 Å². The minimum Gasteiger partial charge on any atom is -0.390 e. The van der Waals surface area contributed by atoms with Crippen molar-refractivity contribution in [3.63, 3.8) is 0 Å². The number of aliphatic hydroxyl groups excluding tert-OH is 1. The van der Waals surface area contributed by atoms with Crippen molar-refractivity contribution in [2.24, 2.45) is 0 Å². The maximum atomic E-state index is 12.9. The molecule has 1 amide bonds. The number of aromatic nitrogens is 2. The number of aliphatic hydroxyl groups is 1. The second kappa shape index (κ2) is 9.03. The number of thioether (sulfide) groups is 1. The van der Waals surface area contributed by atoms with E-state index >= 15 is 0 Å². The predicted octanol–water partition coefficient (Wildman–Crippen LogP) is 4.15. The number of nitrogens with zero attached hydrogens (tertiary/aromatic N) is 3. The Labute approximate surface area is 179 Å². The Kier molecular flexibility index (Phi) is 6.23.